The van der Waals surface area contributed by atoms with Crippen LogP contribution in [-0.4, -0.2) is 53.0 Å². The van der Waals surface area contributed by atoms with Crippen LogP contribution < -0.4 is 10.0 Å². The number of aryl methyl sites for hydroxylation is 1. The molecule has 0 aliphatic rings. The predicted octanol–water partition coefficient (Wildman–Crippen LogP) is 2.36. The van der Waals surface area contributed by atoms with Crippen molar-refractivity contribution < 1.29 is 8.42 Å². The molecule has 25 heavy (non-hydrogen) atoms. The summed E-state index contributed by atoms with van der Waals surface area (Å²) in [7, 11) is 0.190. The Morgan fingerprint density at radius 3 is 2.48 bits per heavy atom. The molecule has 0 amide bonds. The molecule has 1 aromatic carbocycles. The Bertz CT molecular complexity index is 645. The average molecular weight is 480 g/mol. The topological polar surface area (TPSA) is 73.8 Å². The molecule has 0 saturated carbocycles. The summed E-state index contributed by atoms with van der Waals surface area (Å²) in [5.74, 6) is 0.744. The standard InChI is InChI=1S/C17H28N4O2S.HI/c1-5-6-7-14-21(4)17(18-3)19-12-13-20-24(22,23)16-10-8-15(2)9-11-16;/h5,8-11,20H,1,6-7,12-14H2,2-4H3,(H,18,19);1H. The van der Waals surface area contributed by atoms with E-state index >= 15 is 0 Å². The lowest BCUT2D eigenvalue weighted by atomic mass is 10.2. The molecule has 0 spiro atoms. The molecule has 2 N–H and O–H groups in total. The summed E-state index contributed by atoms with van der Waals surface area (Å²) in [6, 6.07) is 6.79. The number of benzene rings is 1. The zero-order valence-corrected chi connectivity index (χ0v) is 18.3. The van der Waals surface area contributed by atoms with Gasteiger partial charge in [0.05, 0.1) is 4.90 Å². The van der Waals surface area contributed by atoms with Crippen LogP contribution in [0.4, 0.5) is 0 Å². The van der Waals surface area contributed by atoms with E-state index in [9.17, 15) is 8.42 Å². The van der Waals surface area contributed by atoms with Gasteiger partial charge in [-0.3, -0.25) is 4.99 Å². The van der Waals surface area contributed by atoms with Gasteiger partial charge in [0.25, 0.3) is 0 Å². The van der Waals surface area contributed by atoms with Gasteiger partial charge in [-0.15, -0.1) is 30.6 Å². The molecule has 0 fully saturated rings. The van der Waals surface area contributed by atoms with Crippen LogP contribution >= 0.6 is 24.0 Å². The van der Waals surface area contributed by atoms with Gasteiger partial charge in [0.2, 0.25) is 10.0 Å². The van der Waals surface area contributed by atoms with Crippen molar-refractivity contribution in [1.82, 2.24) is 14.9 Å². The number of guanidine groups is 1. The van der Waals surface area contributed by atoms with Crippen LogP contribution in [0.25, 0.3) is 0 Å². The molecule has 0 bridgehead atoms. The molecule has 0 aliphatic heterocycles. The van der Waals surface area contributed by atoms with Crippen LogP contribution in [0.3, 0.4) is 0 Å². The highest BCUT2D eigenvalue weighted by molar-refractivity contribution is 14.0. The lowest BCUT2D eigenvalue weighted by Gasteiger charge is -2.21. The number of aliphatic imine (C=N–C) groups is 1. The quantitative estimate of drug-likeness (QED) is 0.187. The van der Waals surface area contributed by atoms with Crippen LogP contribution in [-0.2, 0) is 10.0 Å². The van der Waals surface area contributed by atoms with Crippen molar-refractivity contribution in [1.29, 1.82) is 0 Å². The number of halogens is 1. The molecule has 6 nitrogen and oxygen atoms in total. The van der Waals surface area contributed by atoms with E-state index in [4.69, 9.17) is 0 Å². The first-order valence-corrected chi connectivity index (χ1v) is 9.48. The Morgan fingerprint density at radius 1 is 1.28 bits per heavy atom. The fourth-order valence-corrected chi connectivity index (χ4v) is 3.16. The third kappa shape index (κ3) is 8.68. The van der Waals surface area contributed by atoms with Crippen LogP contribution in [0.5, 0.6) is 0 Å². The summed E-state index contributed by atoms with van der Waals surface area (Å²) >= 11 is 0. The van der Waals surface area contributed by atoms with E-state index in [-0.39, 0.29) is 35.4 Å². The Labute approximate surface area is 168 Å². The van der Waals surface area contributed by atoms with Crippen molar-refractivity contribution in [2.75, 3.05) is 33.7 Å². The molecule has 0 unspecified atom stereocenters. The molecule has 0 atom stereocenters. The minimum atomic E-state index is -3.47. The SMILES string of the molecule is C=CCCCN(C)C(=NC)NCCNS(=O)(=O)c1ccc(C)cc1.I. The first kappa shape index (κ1) is 23.9. The van der Waals surface area contributed by atoms with Crippen LogP contribution in [0.1, 0.15) is 18.4 Å². The van der Waals surface area contributed by atoms with Crippen LogP contribution in [0.2, 0.25) is 0 Å². The molecule has 0 heterocycles. The summed E-state index contributed by atoms with van der Waals surface area (Å²) in [5, 5.41) is 3.15. The second kappa shape index (κ2) is 12.3. The molecule has 0 aromatic heterocycles. The second-order valence-corrected chi connectivity index (χ2v) is 7.30. The number of nitrogens with zero attached hydrogens (tertiary/aromatic N) is 2. The van der Waals surface area contributed by atoms with E-state index in [1.165, 1.54) is 0 Å². The van der Waals surface area contributed by atoms with Gasteiger partial charge in [-0.2, -0.15) is 0 Å². The first-order valence-electron chi connectivity index (χ1n) is 7.99. The van der Waals surface area contributed by atoms with Gasteiger partial charge in [0, 0.05) is 33.7 Å². The van der Waals surface area contributed by atoms with E-state index < -0.39 is 10.0 Å². The maximum absolute atomic E-state index is 12.2. The number of nitrogens with one attached hydrogen (secondary N) is 2. The third-order valence-electron chi connectivity index (χ3n) is 3.51. The van der Waals surface area contributed by atoms with E-state index in [1.807, 2.05) is 24.9 Å². The fraction of sp³-hybridized carbons (Fsp3) is 0.471. The molecule has 0 radical (unpaired) electrons. The normalized spacial score (nSPS) is 11.6. The number of hydrogen-bond acceptors (Lipinski definition) is 3. The lowest BCUT2D eigenvalue weighted by molar-refractivity contribution is 0.470. The van der Waals surface area contributed by atoms with Gasteiger partial charge in [0.1, 0.15) is 0 Å². The van der Waals surface area contributed by atoms with E-state index in [0.717, 1.165) is 30.9 Å². The summed E-state index contributed by atoms with van der Waals surface area (Å²) < 4.78 is 26.9. The molecule has 0 saturated heterocycles. The number of hydrogen-bond donors (Lipinski definition) is 2. The van der Waals surface area contributed by atoms with Gasteiger partial charge in [0.15, 0.2) is 5.96 Å². The highest BCUT2D eigenvalue weighted by Crippen LogP contribution is 2.09. The molecule has 1 aromatic rings. The number of allylic oxidation sites excluding steroid dienone is 1. The molecular formula is C17H29IN4O2S. The Morgan fingerprint density at radius 2 is 1.92 bits per heavy atom. The van der Waals surface area contributed by atoms with E-state index in [1.54, 1.807) is 31.3 Å². The largest absolute Gasteiger partial charge is 0.355 e. The maximum atomic E-state index is 12.2. The summed E-state index contributed by atoms with van der Waals surface area (Å²) in [4.78, 5) is 6.49. The van der Waals surface area contributed by atoms with Gasteiger partial charge >= 0.3 is 0 Å². The monoisotopic (exact) mass is 480 g/mol. The van der Waals surface area contributed by atoms with Crippen molar-refractivity contribution in [2.45, 2.75) is 24.7 Å². The molecule has 8 heteroatoms. The fourth-order valence-electron chi connectivity index (χ4n) is 2.12. The zero-order chi connectivity index (χ0) is 18.0. The van der Waals surface area contributed by atoms with E-state index in [0.29, 0.717) is 6.54 Å². The van der Waals surface area contributed by atoms with Gasteiger partial charge < -0.3 is 10.2 Å². The first-order chi connectivity index (χ1) is 11.4. The smallest absolute Gasteiger partial charge is 0.240 e. The van der Waals surface area contributed by atoms with Crippen molar-refractivity contribution in [3.05, 3.63) is 42.5 Å². The minimum absolute atomic E-state index is 0. The highest BCUT2D eigenvalue weighted by Gasteiger charge is 2.13. The Kier molecular flexibility index (Phi) is 11.7. The van der Waals surface area contributed by atoms with Gasteiger partial charge in [-0.05, 0) is 31.9 Å². The zero-order valence-electron chi connectivity index (χ0n) is 15.2. The molecule has 142 valence electrons. The van der Waals surface area contributed by atoms with Crippen molar-refractivity contribution >= 4 is 40.0 Å². The number of rotatable bonds is 9. The third-order valence-corrected chi connectivity index (χ3v) is 4.98. The summed E-state index contributed by atoms with van der Waals surface area (Å²) in [6.07, 6.45) is 3.85. The maximum Gasteiger partial charge on any atom is 0.240 e. The Hall–Kier alpha value is -1.13. The minimum Gasteiger partial charge on any atom is -0.355 e. The predicted molar refractivity (Wildman–Crippen MR) is 115 cm³/mol. The lowest BCUT2D eigenvalue weighted by Crippen LogP contribution is -2.42. The summed E-state index contributed by atoms with van der Waals surface area (Å²) in [6.45, 7) is 7.24. The average Bonchev–Trinajstić information content (AvgIpc) is 2.55. The highest BCUT2D eigenvalue weighted by atomic mass is 127. The van der Waals surface area contributed by atoms with E-state index in [2.05, 4.69) is 21.6 Å². The molecule has 1 rings (SSSR count). The molecule has 0 aliphatic carbocycles. The van der Waals surface area contributed by atoms with Crippen LogP contribution in [0, 0.1) is 6.92 Å². The Balaban J connectivity index is 0.00000576. The van der Waals surface area contributed by atoms with Crippen LogP contribution in [0.15, 0.2) is 46.8 Å². The van der Waals surface area contributed by atoms with Crippen molar-refractivity contribution in [3.8, 4) is 0 Å². The van der Waals surface area contributed by atoms with Crippen molar-refractivity contribution in [3.63, 3.8) is 0 Å². The second-order valence-electron chi connectivity index (χ2n) is 5.54. The summed E-state index contributed by atoms with van der Waals surface area (Å²) in [5.41, 5.74) is 1.03. The van der Waals surface area contributed by atoms with Gasteiger partial charge in [-0.25, -0.2) is 13.1 Å². The van der Waals surface area contributed by atoms with Crippen molar-refractivity contribution in [2.24, 2.45) is 4.99 Å². The molecular weight excluding hydrogens is 451 g/mol. The number of sulfonamides is 1. The number of unbranched alkanes of at least 4 members (excludes halogenated alkanes) is 1. The van der Waals surface area contributed by atoms with Gasteiger partial charge in [-0.1, -0.05) is 23.8 Å².